The quantitative estimate of drug-likeness (QED) is 0.907. The number of aromatic nitrogens is 3. The van der Waals surface area contributed by atoms with Crippen LogP contribution in [0.5, 0.6) is 0 Å². The van der Waals surface area contributed by atoms with E-state index in [1.807, 2.05) is 17.9 Å². The number of H-pyrrole nitrogens is 1. The molecule has 112 valence electrons. The molecule has 0 saturated carbocycles. The van der Waals surface area contributed by atoms with Crippen molar-refractivity contribution in [2.45, 2.75) is 25.8 Å². The number of hydrogen-bond donors (Lipinski definition) is 1. The molecule has 1 aliphatic heterocycles. The molecule has 0 spiro atoms. The van der Waals surface area contributed by atoms with Crippen LogP contribution in [0, 0.1) is 6.92 Å². The van der Waals surface area contributed by atoms with Crippen molar-refractivity contribution in [3.8, 4) is 0 Å². The van der Waals surface area contributed by atoms with Crippen molar-refractivity contribution in [1.29, 1.82) is 0 Å². The van der Waals surface area contributed by atoms with Gasteiger partial charge in [-0.3, -0.25) is 9.89 Å². The Kier molecular flexibility index (Phi) is 3.63. The second-order valence-corrected chi connectivity index (χ2v) is 5.95. The van der Waals surface area contributed by atoms with Crippen LogP contribution in [-0.4, -0.2) is 64.1 Å². The zero-order chi connectivity index (χ0) is 15.0. The summed E-state index contributed by atoms with van der Waals surface area (Å²) in [5.74, 6) is 0.0663. The van der Waals surface area contributed by atoms with E-state index in [1.54, 1.807) is 6.20 Å². The third-order valence-electron chi connectivity index (χ3n) is 4.26. The lowest BCUT2D eigenvalue weighted by Gasteiger charge is -2.36. The van der Waals surface area contributed by atoms with E-state index in [1.165, 1.54) is 0 Å². The summed E-state index contributed by atoms with van der Waals surface area (Å²) in [5, 5.41) is 7.92. The molecule has 1 unspecified atom stereocenters. The number of nitrogens with one attached hydrogen (secondary N) is 1. The van der Waals surface area contributed by atoms with Crippen LogP contribution in [0.3, 0.4) is 0 Å². The first-order chi connectivity index (χ1) is 10.1. The van der Waals surface area contributed by atoms with E-state index in [2.05, 4.69) is 34.2 Å². The maximum absolute atomic E-state index is 12.7. The first-order valence-corrected chi connectivity index (χ1v) is 7.32. The van der Waals surface area contributed by atoms with Crippen LogP contribution in [0.25, 0.3) is 11.0 Å². The molecule has 1 N–H and O–H groups in total. The third kappa shape index (κ3) is 2.63. The zero-order valence-corrected chi connectivity index (χ0v) is 12.8. The average Bonchev–Trinajstić information content (AvgIpc) is 2.87. The molecule has 6 nitrogen and oxygen atoms in total. The number of rotatable bonds is 2. The molecule has 6 heteroatoms. The summed E-state index contributed by atoms with van der Waals surface area (Å²) in [6, 6.07) is 2.33. The second-order valence-electron chi connectivity index (χ2n) is 5.95. The number of pyridine rings is 1. The molecule has 1 aliphatic rings. The fraction of sp³-hybridized carbons (Fsp3) is 0.533. The summed E-state index contributed by atoms with van der Waals surface area (Å²) in [4.78, 5) is 21.1. The second kappa shape index (κ2) is 5.44. The molecule has 3 rings (SSSR count). The average molecular weight is 287 g/mol. The monoisotopic (exact) mass is 287 g/mol. The maximum atomic E-state index is 12.7. The van der Waals surface area contributed by atoms with Crippen LogP contribution in [-0.2, 0) is 0 Å². The predicted molar refractivity (Wildman–Crippen MR) is 81.2 cm³/mol. The Balaban J connectivity index is 1.84. The summed E-state index contributed by atoms with van der Waals surface area (Å²) in [5.41, 5.74) is 2.25. The van der Waals surface area contributed by atoms with Crippen LogP contribution in [0.1, 0.15) is 28.9 Å². The number of hydrogen-bond acceptors (Lipinski definition) is 4. The molecule has 2 aromatic heterocycles. The summed E-state index contributed by atoms with van der Waals surface area (Å²) >= 11 is 0. The first kappa shape index (κ1) is 14.0. The SMILES string of the molecule is Cc1[nH]nc2ncc(C(=O)N3CCCC(N(C)C)C3)cc12. The van der Waals surface area contributed by atoms with Gasteiger partial charge in [-0.2, -0.15) is 5.10 Å². The van der Waals surface area contributed by atoms with Crippen molar-refractivity contribution in [1.82, 2.24) is 25.0 Å². The van der Waals surface area contributed by atoms with E-state index >= 15 is 0 Å². The van der Waals surface area contributed by atoms with Crippen molar-refractivity contribution in [2.75, 3.05) is 27.2 Å². The molecule has 1 amide bonds. The molecule has 0 bridgehead atoms. The highest BCUT2D eigenvalue weighted by molar-refractivity contribution is 5.97. The number of amides is 1. The number of fused-ring (bicyclic) bond motifs is 1. The molecule has 1 atom stereocenters. The van der Waals surface area contributed by atoms with Crippen LogP contribution in [0.2, 0.25) is 0 Å². The third-order valence-corrected chi connectivity index (χ3v) is 4.26. The molecule has 0 aliphatic carbocycles. The number of likely N-dealkylation sites (N-methyl/N-ethyl adjacent to an activating group) is 1. The minimum atomic E-state index is 0.0663. The van der Waals surface area contributed by atoms with Gasteiger partial charge >= 0.3 is 0 Å². The highest BCUT2D eigenvalue weighted by Crippen LogP contribution is 2.19. The minimum absolute atomic E-state index is 0.0663. The lowest BCUT2D eigenvalue weighted by molar-refractivity contribution is 0.0635. The van der Waals surface area contributed by atoms with E-state index in [9.17, 15) is 4.79 Å². The van der Waals surface area contributed by atoms with Crippen molar-refractivity contribution < 1.29 is 4.79 Å². The van der Waals surface area contributed by atoms with E-state index in [4.69, 9.17) is 0 Å². The van der Waals surface area contributed by atoms with Crippen LogP contribution < -0.4 is 0 Å². The van der Waals surface area contributed by atoms with E-state index in [0.717, 1.165) is 37.0 Å². The predicted octanol–water partition coefficient (Wildman–Crippen LogP) is 1.43. The topological polar surface area (TPSA) is 65.1 Å². The van der Waals surface area contributed by atoms with Gasteiger partial charge in [0.15, 0.2) is 5.65 Å². The van der Waals surface area contributed by atoms with Crippen LogP contribution in [0.4, 0.5) is 0 Å². The zero-order valence-electron chi connectivity index (χ0n) is 12.8. The number of carbonyl (C=O) groups is 1. The minimum Gasteiger partial charge on any atom is -0.337 e. The summed E-state index contributed by atoms with van der Waals surface area (Å²) in [7, 11) is 4.14. The number of piperidine rings is 1. The number of likely N-dealkylation sites (tertiary alicyclic amines) is 1. The summed E-state index contributed by atoms with van der Waals surface area (Å²) in [6.07, 6.45) is 3.83. The molecule has 1 saturated heterocycles. The molecular formula is C15H21N5O. The molecular weight excluding hydrogens is 266 g/mol. The van der Waals surface area contributed by atoms with Crippen LogP contribution >= 0.6 is 0 Å². The van der Waals surface area contributed by atoms with Crippen molar-refractivity contribution >= 4 is 16.9 Å². The van der Waals surface area contributed by atoms with Crippen LogP contribution in [0.15, 0.2) is 12.3 Å². The van der Waals surface area contributed by atoms with Crippen molar-refractivity contribution in [3.63, 3.8) is 0 Å². The Hall–Kier alpha value is -1.95. The lowest BCUT2D eigenvalue weighted by Crippen LogP contribution is -2.47. The normalized spacial score (nSPS) is 19.4. The largest absolute Gasteiger partial charge is 0.337 e. The number of nitrogens with zero attached hydrogens (tertiary/aromatic N) is 4. The Morgan fingerprint density at radius 1 is 1.48 bits per heavy atom. The standard InChI is InChI=1S/C15H21N5O/c1-10-13-7-11(8-16-14(13)18-17-10)15(21)20-6-4-5-12(9-20)19(2)3/h7-8,12H,4-6,9H2,1-3H3,(H,16,17,18). The van der Waals surface area contributed by atoms with Gasteiger partial charge in [0.2, 0.25) is 0 Å². The Bertz CT molecular complexity index is 663. The van der Waals surface area contributed by atoms with Gasteiger partial charge in [0.1, 0.15) is 0 Å². The molecule has 0 radical (unpaired) electrons. The number of carbonyl (C=O) groups excluding carboxylic acids is 1. The lowest BCUT2D eigenvalue weighted by atomic mass is 10.0. The maximum Gasteiger partial charge on any atom is 0.255 e. The Morgan fingerprint density at radius 3 is 3.05 bits per heavy atom. The molecule has 21 heavy (non-hydrogen) atoms. The molecule has 1 fully saturated rings. The van der Waals surface area contributed by atoms with E-state index in [0.29, 0.717) is 17.3 Å². The Labute approximate surface area is 124 Å². The van der Waals surface area contributed by atoms with Gasteiger partial charge in [0, 0.05) is 36.4 Å². The molecule has 3 heterocycles. The van der Waals surface area contributed by atoms with E-state index in [-0.39, 0.29) is 5.91 Å². The smallest absolute Gasteiger partial charge is 0.255 e. The molecule has 0 aromatic carbocycles. The van der Waals surface area contributed by atoms with Gasteiger partial charge in [0.05, 0.1) is 5.56 Å². The highest BCUT2D eigenvalue weighted by Gasteiger charge is 2.26. The van der Waals surface area contributed by atoms with Gasteiger partial charge in [-0.25, -0.2) is 4.98 Å². The van der Waals surface area contributed by atoms with Crippen molar-refractivity contribution in [3.05, 3.63) is 23.5 Å². The van der Waals surface area contributed by atoms with Gasteiger partial charge < -0.3 is 9.80 Å². The van der Waals surface area contributed by atoms with Gasteiger partial charge in [-0.15, -0.1) is 0 Å². The van der Waals surface area contributed by atoms with E-state index < -0.39 is 0 Å². The van der Waals surface area contributed by atoms with Gasteiger partial charge in [-0.05, 0) is 39.9 Å². The van der Waals surface area contributed by atoms with Gasteiger partial charge in [-0.1, -0.05) is 0 Å². The highest BCUT2D eigenvalue weighted by atomic mass is 16.2. The Morgan fingerprint density at radius 2 is 2.29 bits per heavy atom. The summed E-state index contributed by atoms with van der Waals surface area (Å²) in [6.45, 7) is 3.55. The number of aryl methyl sites for hydroxylation is 1. The fourth-order valence-electron chi connectivity index (χ4n) is 2.88. The fourth-order valence-corrected chi connectivity index (χ4v) is 2.88. The van der Waals surface area contributed by atoms with Gasteiger partial charge in [0.25, 0.3) is 5.91 Å². The van der Waals surface area contributed by atoms with Crippen molar-refractivity contribution in [2.24, 2.45) is 0 Å². The first-order valence-electron chi connectivity index (χ1n) is 7.32. The number of aromatic amines is 1. The molecule has 2 aromatic rings. The summed E-state index contributed by atoms with van der Waals surface area (Å²) < 4.78 is 0.